The molecule has 3 aromatic rings. The van der Waals surface area contributed by atoms with Gasteiger partial charge in [0.05, 0.1) is 35.5 Å². The highest BCUT2D eigenvalue weighted by Gasteiger charge is 2.34. The van der Waals surface area contributed by atoms with Gasteiger partial charge in [-0.2, -0.15) is 5.10 Å². The average molecular weight is 403 g/mol. The zero-order valence-corrected chi connectivity index (χ0v) is 17.1. The third-order valence-electron chi connectivity index (χ3n) is 5.92. The number of allylic oxidation sites excluding steroid dienone is 2. The summed E-state index contributed by atoms with van der Waals surface area (Å²) in [6, 6.07) is 14.4. The SMILES string of the molecule is Cc1nn(Cc2cccc3ccccc23)c(C)c1NC(=O)[C@H]1CC=CC[C@H]1C(=O)O. The molecule has 4 rings (SSSR count). The maximum Gasteiger partial charge on any atom is 0.307 e. The first-order chi connectivity index (χ1) is 14.5. The molecule has 0 aliphatic heterocycles. The van der Waals surface area contributed by atoms with Gasteiger partial charge in [0.1, 0.15) is 0 Å². The van der Waals surface area contributed by atoms with E-state index in [0.717, 1.165) is 17.0 Å². The zero-order chi connectivity index (χ0) is 21.3. The van der Waals surface area contributed by atoms with Crippen LogP contribution < -0.4 is 5.32 Å². The van der Waals surface area contributed by atoms with Crippen molar-refractivity contribution in [2.45, 2.75) is 33.2 Å². The number of aryl methyl sites for hydroxylation is 1. The second kappa shape index (κ2) is 8.14. The monoisotopic (exact) mass is 403 g/mol. The van der Waals surface area contributed by atoms with Crippen LogP contribution in [-0.2, 0) is 16.1 Å². The fourth-order valence-electron chi connectivity index (χ4n) is 4.22. The zero-order valence-electron chi connectivity index (χ0n) is 17.1. The lowest BCUT2D eigenvalue weighted by atomic mass is 9.82. The number of carbonyl (C=O) groups excluding carboxylic acids is 1. The Kier molecular flexibility index (Phi) is 5.40. The van der Waals surface area contributed by atoms with Gasteiger partial charge in [0.25, 0.3) is 0 Å². The molecule has 0 fully saturated rings. The molecule has 6 heteroatoms. The molecular weight excluding hydrogens is 378 g/mol. The summed E-state index contributed by atoms with van der Waals surface area (Å²) >= 11 is 0. The number of carboxylic acids is 1. The van der Waals surface area contributed by atoms with Crippen molar-refractivity contribution in [3.05, 3.63) is 71.6 Å². The molecule has 1 aliphatic rings. The number of amides is 1. The van der Waals surface area contributed by atoms with Crippen molar-refractivity contribution in [1.29, 1.82) is 0 Å². The molecule has 2 N–H and O–H groups in total. The molecular formula is C24H25N3O3. The van der Waals surface area contributed by atoms with E-state index in [-0.39, 0.29) is 5.91 Å². The van der Waals surface area contributed by atoms with Crippen LogP contribution in [0.4, 0.5) is 5.69 Å². The summed E-state index contributed by atoms with van der Waals surface area (Å²) in [6.45, 7) is 4.38. The van der Waals surface area contributed by atoms with Gasteiger partial charge >= 0.3 is 5.97 Å². The third-order valence-corrected chi connectivity index (χ3v) is 5.92. The summed E-state index contributed by atoms with van der Waals surface area (Å²) in [5.74, 6) is -2.46. The maximum atomic E-state index is 12.9. The largest absolute Gasteiger partial charge is 0.481 e. The summed E-state index contributed by atoms with van der Waals surface area (Å²) < 4.78 is 1.89. The van der Waals surface area contributed by atoms with E-state index < -0.39 is 17.8 Å². The van der Waals surface area contributed by atoms with Crippen molar-refractivity contribution in [2.75, 3.05) is 5.32 Å². The molecule has 2 atom stereocenters. The van der Waals surface area contributed by atoms with Crippen molar-refractivity contribution < 1.29 is 14.7 Å². The molecule has 0 bridgehead atoms. The van der Waals surface area contributed by atoms with Crippen LogP contribution in [0.3, 0.4) is 0 Å². The molecule has 2 aromatic carbocycles. The van der Waals surface area contributed by atoms with Crippen LogP contribution in [0.1, 0.15) is 29.8 Å². The molecule has 0 unspecified atom stereocenters. The number of nitrogens with one attached hydrogen (secondary N) is 1. The standard InChI is InChI=1S/C24H25N3O3/c1-15-22(25-23(28)20-12-5-6-13-21(20)24(29)30)16(2)27(26-15)14-18-10-7-9-17-8-3-4-11-19(17)18/h3-11,20-21H,12-14H2,1-2H3,(H,25,28)(H,29,30)/t20-,21+/m0/s1. The van der Waals surface area contributed by atoms with E-state index >= 15 is 0 Å². The molecule has 30 heavy (non-hydrogen) atoms. The van der Waals surface area contributed by atoms with Gasteiger partial charge in [-0.05, 0) is 43.0 Å². The molecule has 1 aliphatic carbocycles. The first-order valence-corrected chi connectivity index (χ1v) is 10.1. The smallest absolute Gasteiger partial charge is 0.307 e. The van der Waals surface area contributed by atoms with Crippen molar-refractivity contribution in [3.8, 4) is 0 Å². The Morgan fingerprint density at radius 1 is 1.07 bits per heavy atom. The van der Waals surface area contributed by atoms with Crippen molar-refractivity contribution in [2.24, 2.45) is 11.8 Å². The number of aromatic nitrogens is 2. The van der Waals surface area contributed by atoms with Crippen LogP contribution in [0.15, 0.2) is 54.6 Å². The van der Waals surface area contributed by atoms with Crippen LogP contribution in [0.2, 0.25) is 0 Å². The predicted molar refractivity (Wildman–Crippen MR) is 116 cm³/mol. The number of carbonyl (C=O) groups is 2. The van der Waals surface area contributed by atoms with Gasteiger partial charge in [-0.1, -0.05) is 54.6 Å². The van der Waals surface area contributed by atoms with Gasteiger partial charge in [-0.3, -0.25) is 14.3 Å². The molecule has 1 amide bonds. The summed E-state index contributed by atoms with van der Waals surface area (Å²) in [4.78, 5) is 24.4. The van der Waals surface area contributed by atoms with Crippen molar-refractivity contribution in [3.63, 3.8) is 0 Å². The number of aliphatic carboxylic acids is 1. The molecule has 154 valence electrons. The first kappa shape index (κ1) is 19.9. The number of rotatable bonds is 5. The van der Waals surface area contributed by atoms with Crippen LogP contribution in [0, 0.1) is 25.7 Å². The van der Waals surface area contributed by atoms with Crippen LogP contribution >= 0.6 is 0 Å². The van der Waals surface area contributed by atoms with E-state index in [1.807, 2.05) is 48.9 Å². The number of benzene rings is 2. The first-order valence-electron chi connectivity index (χ1n) is 10.1. The highest BCUT2D eigenvalue weighted by molar-refractivity contribution is 5.96. The highest BCUT2D eigenvalue weighted by Crippen LogP contribution is 2.29. The normalized spacial score (nSPS) is 18.5. The number of hydrogen-bond acceptors (Lipinski definition) is 3. The third kappa shape index (κ3) is 3.73. The quantitative estimate of drug-likeness (QED) is 0.622. The molecule has 0 radical (unpaired) electrons. The van der Waals surface area contributed by atoms with Gasteiger partial charge in [-0.25, -0.2) is 0 Å². The number of carboxylic acid groups (broad SMARTS) is 1. The van der Waals surface area contributed by atoms with Gasteiger partial charge in [0, 0.05) is 0 Å². The Hall–Kier alpha value is -3.41. The Morgan fingerprint density at radius 3 is 2.53 bits per heavy atom. The minimum Gasteiger partial charge on any atom is -0.481 e. The minimum absolute atomic E-state index is 0.261. The lowest BCUT2D eigenvalue weighted by Crippen LogP contribution is -2.35. The second-order valence-electron chi connectivity index (χ2n) is 7.83. The second-order valence-corrected chi connectivity index (χ2v) is 7.83. The van der Waals surface area contributed by atoms with Crippen LogP contribution in [-0.4, -0.2) is 26.8 Å². The molecule has 0 spiro atoms. The minimum atomic E-state index is -0.931. The molecule has 0 saturated carbocycles. The maximum absolute atomic E-state index is 12.9. The number of fused-ring (bicyclic) bond motifs is 1. The summed E-state index contributed by atoms with van der Waals surface area (Å²) in [5, 5.41) is 19.4. The Morgan fingerprint density at radius 2 is 1.77 bits per heavy atom. The Balaban J connectivity index is 1.59. The van der Waals surface area contributed by atoms with E-state index in [1.165, 1.54) is 10.8 Å². The van der Waals surface area contributed by atoms with E-state index in [2.05, 4.69) is 34.7 Å². The number of anilines is 1. The summed E-state index contributed by atoms with van der Waals surface area (Å²) in [5.41, 5.74) is 3.39. The molecule has 0 saturated heterocycles. The Bertz CT molecular complexity index is 1140. The van der Waals surface area contributed by atoms with E-state index in [1.54, 1.807) is 0 Å². The van der Waals surface area contributed by atoms with Crippen LogP contribution in [0.25, 0.3) is 10.8 Å². The van der Waals surface area contributed by atoms with E-state index in [9.17, 15) is 14.7 Å². The highest BCUT2D eigenvalue weighted by atomic mass is 16.4. The predicted octanol–water partition coefficient (Wildman–Crippen LogP) is 4.31. The summed E-state index contributed by atoms with van der Waals surface area (Å²) in [7, 11) is 0. The van der Waals surface area contributed by atoms with E-state index in [0.29, 0.717) is 25.1 Å². The number of hydrogen-bond donors (Lipinski definition) is 2. The van der Waals surface area contributed by atoms with Gasteiger partial charge in [0.15, 0.2) is 0 Å². The van der Waals surface area contributed by atoms with Gasteiger partial charge in [-0.15, -0.1) is 0 Å². The van der Waals surface area contributed by atoms with E-state index in [4.69, 9.17) is 0 Å². The van der Waals surface area contributed by atoms with Crippen molar-refractivity contribution in [1.82, 2.24) is 9.78 Å². The van der Waals surface area contributed by atoms with Gasteiger partial charge in [0.2, 0.25) is 5.91 Å². The van der Waals surface area contributed by atoms with Gasteiger partial charge < -0.3 is 10.4 Å². The molecule has 1 heterocycles. The lowest BCUT2D eigenvalue weighted by Gasteiger charge is -2.24. The lowest BCUT2D eigenvalue weighted by molar-refractivity contribution is -0.146. The molecule has 6 nitrogen and oxygen atoms in total. The summed E-state index contributed by atoms with van der Waals surface area (Å²) in [6.07, 6.45) is 4.53. The topological polar surface area (TPSA) is 84.2 Å². The number of nitrogens with zero attached hydrogens (tertiary/aromatic N) is 2. The van der Waals surface area contributed by atoms with Crippen LogP contribution in [0.5, 0.6) is 0 Å². The fraction of sp³-hybridized carbons (Fsp3) is 0.292. The molecule has 1 aromatic heterocycles. The van der Waals surface area contributed by atoms with Crippen molar-refractivity contribution >= 4 is 28.3 Å². The Labute approximate surface area is 175 Å². The average Bonchev–Trinajstić information content (AvgIpc) is 3.01. The fourth-order valence-corrected chi connectivity index (χ4v) is 4.22.